The van der Waals surface area contributed by atoms with E-state index in [2.05, 4.69) is 10.3 Å². The van der Waals surface area contributed by atoms with Gasteiger partial charge in [0, 0.05) is 22.5 Å². The summed E-state index contributed by atoms with van der Waals surface area (Å²) in [6.07, 6.45) is 0. The molecular formula is C22H21N3O3S. The summed E-state index contributed by atoms with van der Waals surface area (Å²) in [5.41, 5.74) is 4.10. The minimum Gasteiger partial charge on any atom is -0.482 e. The molecule has 1 N–H and O–H groups in total. The molecule has 0 atom stereocenters. The van der Waals surface area contributed by atoms with Gasteiger partial charge in [0.2, 0.25) is 0 Å². The molecule has 0 saturated carbocycles. The highest BCUT2D eigenvalue weighted by molar-refractivity contribution is 7.16. The lowest BCUT2D eigenvalue weighted by Crippen LogP contribution is -2.38. The van der Waals surface area contributed by atoms with Gasteiger partial charge in [0.15, 0.2) is 11.7 Å². The first kappa shape index (κ1) is 19.1. The average molecular weight is 407 g/mol. The first-order chi connectivity index (χ1) is 14.0. The van der Waals surface area contributed by atoms with E-state index >= 15 is 0 Å². The fourth-order valence-electron chi connectivity index (χ4n) is 3.29. The first-order valence-corrected chi connectivity index (χ1v) is 10.2. The summed E-state index contributed by atoms with van der Waals surface area (Å²) in [6, 6.07) is 13.1. The summed E-state index contributed by atoms with van der Waals surface area (Å²) in [5, 5.41) is 3.42. The molecule has 0 bridgehead atoms. The van der Waals surface area contributed by atoms with Gasteiger partial charge < -0.3 is 9.64 Å². The fourth-order valence-corrected chi connectivity index (χ4v) is 4.12. The van der Waals surface area contributed by atoms with Crippen molar-refractivity contribution >= 4 is 34.0 Å². The van der Waals surface area contributed by atoms with E-state index in [0.717, 1.165) is 27.4 Å². The van der Waals surface area contributed by atoms with Crippen LogP contribution in [0.5, 0.6) is 5.75 Å². The Morgan fingerprint density at radius 2 is 1.97 bits per heavy atom. The maximum absolute atomic E-state index is 12.5. The number of aromatic nitrogens is 1. The van der Waals surface area contributed by atoms with Gasteiger partial charge in [-0.05, 0) is 51.1 Å². The average Bonchev–Trinajstić information content (AvgIpc) is 3.08. The van der Waals surface area contributed by atoms with Crippen LogP contribution >= 0.6 is 11.3 Å². The van der Waals surface area contributed by atoms with Gasteiger partial charge in [-0.1, -0.05) is 17.7 Å². The standard InChI is InChI=1S/C22H21N3O3S/c1-4-25-17-11-16(9-10-18(17)28-12-19(25)26)20-14(3)29-22(23-20)24-21(27)15-7-5-13(2)6-8-15/h5-11H,4,12H2,1-3H3,(H,23,24,27). The molecule has 2 amide bonds. The van der Waals surface area contributed by atoms with E-state index in [9.17, 15) is 9.59 Å². The Kier molecular flexibility index (Phi) is 5.07. The number of nitrogens with zero attached hydrogens (tertiary/aromatic N) is 2. The van der Waals surface area contributed by atoms with Gasteiger partial charge in [0.05, 0.1) is 11.4 Å². The Hall–Kier alpha value is -3.19. The molecule has 6 nitrogen and oxygen atoms in total. The number of nitrogens with one attached hydrogen (secondary N) is 1. The normalized spacial score (nSPS) is 13.1. The number of fused-ring (bicyclic) bond motifs is 1. The van der Waals surface area contributed by atoms with Crippen LogP contribution in [0.25, 0.3) is 11.3 Å². The van der Waals surface area contributed by atoms with Crippen LogP contribution in [0.3, 0.4) is 0 Å². The van der Waals surface area contributed by atoms with E-state index < -0.39 is 0 Å². The van der Waals surface area contributed by atoms with Crippen molar-refractivity contribution in [2.75, 3.05) is 23.4 Å². The van der Waals surface area contributed by atoms with E-state index in [-0.39, 0.29) is 18.4 Å². The zero-order chi connectivity index (χ0) is 20.5. The molecule has 29 heavy (non-hydrogen) atoms. The number of hydrogen-bond donors (Lipinski definition) is 1. The lowest BCUT2D eigenvalue weighted by molar-refractivity contribution is -0.121. The smallest absolute Gasteiger partial charge is 0.265 e. The Morgan fingerprint density at radius 3 is 2.69 bits per heavy atom. The van der Waals surface area contributed by atoms with E-state index in [4.69, 9.17) is 4.74 Å². The van der Waals surface area contributed by atoms with Gasteiger partial charge in [0.25, 0.3) is 11.8 Å². The van der Waals surface area contributed by atoms with Gasteiger partial charge in [-0.25, -0.2) is 4.98 Å². The summed E-state index contributed by atoms with van der Waals surface area (Å²) in [4.78, 5) is 31.9. The van der Waals surface area contributed by atoms with Gasteiger partial charge in [-0.3, -0.25) is 14.9 Å². The second kappa shape index (κ2) is 7.67. The van der Waals surface area contributed by atoms with Crippen molar-refractivity contribution in [3.63, 3.8) is 0 Å². The lowest BCUT2D eigenvalue weighted by Gasteiger charge is -2.28. The summed E-state index contributed by atoms with van der Waals surface area (Å²) >= 11 is 1.42. The lowest BCUT2D eigenvalue weighted by atomic mass is 10.1. The number of amides is 2. The van der Waals surface area contributed by atoms with E-state index in [0.29, 0.717) is 23.0 Å². The number of benzene rings is 2. The number of thiazole rings is 1. The highest BCUT2D eigenvalue weighted by Crippen LogP contribution is 2.38. The summed E-state index contributed by atoms with van der Waals surface area (Å²) < 4.78 is 5.54. The van der Waals surface area contributed by atoms with E-state index in [1.54, 1.807) is 17.0 Å². The largest absolute Gasteiger partial charge is 0.482 e. The molecule has 1 aromatic heterocycles. The zero-order valence-corrected chi connectivity index (χ0v) is 17.3. The molecule has 0 spiro atoms. The number of carbonyl (C=O) groups is 2. The molecule has 7 heteroatoms. The Balaban J connectivity index is 1.61. The van der Waals surface area contributed by atoms with Gasteiger partial charge in [-0.15, -0.1) is 11.3 Å². The van der Waals surface area contributed by atoms with Crippen molar-refractivity contribution in [1.82, 2.24) is 4.98 Å². The third-order valence-electron chi connectivity index (χ3n) is 4.82. The highest BCUT2D eigenvalue weighted by Gasteiger charge is 2.25. The van der Waals surface area contributed by atoms with Crippen molar-refractivity contribution in [2.24, 2.45) is 0 Å². The molecule has 0 unspecified atom stereocenters. The number of hydrogen-bond acceptors (Lipinski definition) is 5. The van der Waals surface area contributed by atoms with Crippen LogP contribution in [-0.2, 0) is 4.79 Å². The molecule has 1 aliphatic heterocycles. The quantitative estimate of drug-likeness (QED) is 0.695. The van der Waals surface area contributed by atoms with Crippen LogP contribution in [0, 0.1) is 13.8 Å². The first-order valence-electron chi connectivity index (χ1n) is 9.39. The minimum absolute atomic E-state index is 0.0572. The van der Waals surface area contributed by atoms with E-state index in [1.807, 2.05) is 51.1 Å². The van der Waals surface area contributed by atoms with Gasteiger partial charge >= 0.3 is 0 Å². The summed E-state index contributed by atoms with van der Waals surface area (Å²) in [6.45, 7) is 6.52. The number of rotatable bonds is 4. The third kappa shape index (κ3) is 3.73. The zero-order valence-electron chi connectivity index (χ0n) is 16.5. The monoisotopic (exact) mass is 407 g/mol. The van der Waals surface area contributed by atoms with Crippen LogP contribution in [-0.4, -0.2) is 29.9 Å². The second-order valence-corrected chi connectivity index (χ2v) is 8.06. The van der Waals surface area contributed by atoms with E-state index in [1.165, 1.54) is 11.3 Å². The molecule has 148 valence electrons. The Morgan fingerprint density at radius 1 is 1.21 bits per heavy atom. The van der Waals surface area contributed by atoms with Crippen molar-refractivity contribution in [2.45, 2.75) is 20.8 Å². The predicted octanol–water partition coefficient (Wildman–Crippen LogP) is 4.42. The van der Waals surface area contributed by atoms with Crippen LogP contribution in [0.2, 0.25) is 0 Å². The molecule has 3 aromatic rings. The molecule has 0 aliphatic carbocycles. The van der Waals surface area contributed by atoms with Gasteiger partial charge in [0.1, 0.15) is 5.75 Å². The highest BCUT2D eigenvalue weighted by atomic mass is 32.1. The molecule has 1 aliphatic rings. The Labute approximate surface area is 173 Å². The number of ether oxygens (including phenoxy) is 1. The molecule has 4 rings (SSSR count). The summed E-state index contributed by atoms with van der Waals surface area (Å²) in [5.74, 6) is 0.445. The van der Waals surface area contributed by atoms with Crippen molar-refractivity contribution in [1.29, 1.82) is 0 Å². The molecule has 0 saturated heterocycles. The number of likely N-dealkylation sites (N-methyl/N-ethyl adjacent to an activating group) is 1. The minimum atomic E-state index is -0.188. The SMILES string of the molecule is CCN1C(=O)COc2ccc(-c3nc(NC(=O)c4ccc(C)cc4)sc3C)cc21. The molecule has 2 heterocycles. The van der Waals surface area contributed by atoms with Crippen molar-refractivity contribution in [3.05, 3.63) is 58.5 Å². The molecule has 2 aromatic carbocycles. The van der Waals surface area contributed by atoms with Crippen LogP contribution in [0.15, 0.2) is 42.5 Å². The summed E-state index contributed by atoms with van der Waals surface area (Å²) in [7, 11) is 0. The third-order valence-corrected chi connectivity index (χ3v) is 5.71. The van der Waals surface area contributed by atoms with Crippen molar-refractivity contribution in [3.8, 4) is 17.0 Å². The number of anilines is 2. The fraction of sp³-hybridized carbons (Fsp3) is 0.227. The number of carbonyl (C=O) groups excluding carboxylic acids is 2. The topological polar surface area (TPSA) is 71.5 Å². The Bertz CT molecular complexity index is 1090. The molecule has 0 fully saturated rings. The maximum Gasteiger partial charge on any atom is 0.265 e. The second-order valence-electron chi connectivity index (χ2n) is 6.85. The van der Waals surface area contributed by atoms with Crippen molar-refractivity contribution < 1.29 is 14.3 Å². The predicted molar refractivity (Wildman–Crippen MR) is 115 cm³/mol. The molecular weight excluding hydrogens is 386 g/mol. The number of aryl methyl sites for hydroxylation is 2. The van der Waals surface area contributed by atoms with Crippen LogP contribution < -0.4 is 15.0 Å². The van der Waals surface area contributed by atoms with Crippen LogP contribution in [0.4, 0.5) is 10.8 Å². The van der Waals surface area contributed by atoms with Gasteiger partial charge in [-0.2, -0.15) is 0 Å². The van der Waals surface area contributed by atoms with Crippen LogP contribution in [0.1, 0.15) is 27.7 Å². The maximum atomic E-state index is 12.5. The molecule has 0 radical (unpaired) electrons.